The molecule has 28 heavy (non-hydrogen) atoms. The first-order valence-electron chi connectivity index (χ1n) is 8.75. The standard InChI is InChI=1S/C20H19FN2O3S2/c1-13(19(25)22-15-10-8-14(21)9-11-15)26-18(24)7-4-12-27-20-23-16-5-2-3-6-17(16)28-20/h2-3,5-6,8-11,13H,4,7,12H2,1H3,(H,22,25)/t13-/m1/s1. The summed E-state index contributed by atoms with van der Waals surface area (Å²) in [6.45, 7) is 1.51. The second kappa shape index (κ2) is 9.66. The summed E-state index contributed by atoms with van der Waals surface area (Å²) in [5.41, 5.74) is 1.43. The predicted octanol–water partition coefficient (Wildman–Crippen LogP) is 4.88. The van der Waals surface area contributed by atoms with Crippen molar-refractivity contribution in [2.45, 2.75) is 30.2 Å². The molecule has 3 aromatic rings. The molecular weight excluding hydrogens is 399 g/mol. The van der Waals surface area contributed by atoms with Crippen LogP contribution in [0, 0.1) is 5.82 Å². The Morgan fingerprint density at radius 1 is 1.21 bits per heavy atom. The molecule has 0 fully saturated rings. The second-order valence-corrected chi connectivity index (χ2v) is 8.40. The topological polar surface area (TPSA) is 68.3 Å². The SMILES string of the molecule is C[C@@H](OC(=O)CCCSc1nc2ccccc2s1)C(=O)Nc1ccc(F)cc1. The highest BCUT2D eigenvalue weighted by Gasteiger charge is 2.17. The molecule has 8 heteroatoms. The molecule has 2 aromatic carbocycles. The van der Waals surface area contributed by atoms with Crippen molar-refractivity contribution < 1.29 is 18.7 Å². The van der Waals surface area contributed by atoms with Crippen LogP contribution in [0.15, 0.2) is 52.9 Å². The summed E-state index contributed by atoms with van der Waals surface area (Å²) in [4.78, 5) is 28.5. The van der Waals surface area contributed by atoms with Crippen LogP contribution < -0.4 is 5.32 Å². The number of nitrogens with one attached hydrogen (secondary N) is 1. The quantitative estimate of drug-likeness (QED) is 0.321. The fourth-order valence-corrected chi connectivity index (χ4v) is 4.45. The van der Waals surface area contributed by atoms with E-state index in [1.165, 1.54) is 31.2 Å². The molecule has 0 aliphatic rings. The third-order valence-electron chi connectivity index (χ3n) is 3.81. The predicted molar refractivity (Wildman–Crippen MR) is 110 cm³/mol. The zero-order chi connectivity index (χ0) is 19.9. The molecule has 1 atom stereocenters. The molecule has 0 aliphatic carbocycles. The summed E-state index contributed by atoms with van der Waals surface area (Å²) < 4.78 is 20.2. The number of hydrogen-bond acceptors (Lipinski definition) is 6. The largest absolute Gasteiger partial charge is 0.453 e. The number of rotatable bonds is 8. The van der Waals surface area contributed by atoms with Crippen LogP contribution in [-0.4, -0.2) is 28.7 Å². The van der Waals surface area contributed by atoms with E-state index >= 15 is 0 Å². The number of thiazole rings is 1. The van der Waals surface area contributed by atoms with Crippen LogP contribution in [0.1, 0.15) is 19.8 Å². The number of fused-ring (bicyclic) bond motifs is 1. The van der Waals surface area contributed by atoms with Gasteiger partial charge in [-0.2, -0.15) is 0 Å². The number of para-hydroxylation sites is 1. The zero-order valence-corrected chi connectivity index (χ0v) is 16.8. The van der Waals surface area contributed by atoms with Crippen LogP contribution in [-0.2, 0) is 14.3 Å². The average molecular weight is 419 g/mol. The number of carbonyl (C=O) groups is 2. The van der Waals surface area contributed by atoms with Gasteiger partial charge in [0.1, 0.15) is 5.82 Å². The maximum Gasteiger partial charge on any atom is 0.306 e. The summed E-state index contributed by atoms with van der Waals surface area (Å²) in [6.07, 6.45) is -0.0629. The maximum absolute atomic E-state index is 12.9. The van der Waals surface area contributed by atoms with Gasteiger partial charge in [0.25, 0.3) is 5.91 Å². The minimum atomic E-state index is -0.922. The number of aromatic nitrogens is 1. The third-order valence-corrected chi connectivity index (χ3v) is 6.08. The smallest absolute Gasteiger partial charge is 0.306 e. The summed E-state index contributed by atoms with van der Waals surface area (Å²) >= 11 is 3.24. The lowest BCUT2D eigenvalue weighted by Gasteiger charge is -2.13. The van der Waals surface area contributed by atoms with Crippen LogP contribution in [0.2, 0.25) is 0 Å². The van der Waals surface area contributed by atoms with Crippen LogP contribution in [0.3, 0.4) is 0 Å². The highest BCUT2D eigenvalue weighted by atomic mass is 32.2. The minimum Gasteiger partial charge on any atom is -0.453 e. The fourth-order valence-electron chi connectivity index (χ4n) is 2.38. The van der Waals surface area contributed by atoms with Crippen molar-refractivity contribution in [1.82, 2.24) is 4.98 Å². The second-order valence-electron chi connectivity index (χ2n) is 6.03. The van der Waals surface area contributed by atoms with Gasteiger partial charge in [-0.05, 0) is 49.7 Å². The first-order chi connectivity index (χ1) is 13.5. The summed E-state index contributed by atoms with van der Waals surface area (Å²) in [5, 5.41) is 2.58. The van der Waals surface area contributed by atoms with Gasteiger partial charge in [-0.3, -0.25) is 9.59 Å². The van der Waals surface area contributed by atoms with Gasteiger partial charge >= 0.3 is 5.97 Å². The monoisotopic (exact) mass is 418 g/mol. The molecular formula is C20H19FN2O3S2. The van der Waals surface area contributed by atoms with Gasteiger partial charge in [-0.15, -0.1) is 11.3 Å². The van der Waals surface area contributed by atoms with Gasteiger partial charge in [-0.25, -0.2) is 9.37 Å². The van der Waals surface area contributed by atoms with Crippen molar-refractivity contribution in [3.8, 4) is 0 Å². The number of carbonyl (C=O) groups excluding carboxylic acids is 2. The molecule has 1 aromatic heterocycles. The van der Waals surface area contributed by atoms with Gasteiger partial charge in [0.05, 0.1) is 10.2 Å². The number of benzene rings is 2. The molecule has 0 saturated carbocycles. The van der Waals surface area contributed by atoms with Gasteiger partial charge in [0.15, 0.2) is 10.4 Å². The lowest BCUT2D eigenvalue weighted by molar-refractivity contribution is -0.153. The third kappa shape index (κ3) is 5.77. The van der Waals surface area contributed by atoms with Gasteiger partial charge in [0, 0.05) is 17.9 Å². The number of thioether (sulfide) groups is 1. The average Bonchev–Trinajstić information content (AvgIpc) is 3.10. The van der Waals surface area contributed by atoms with E-state index in [1.807, 2.05) is 24.3 Å². The number of anilines is 1. The molecule has 0 radical (unpaired) electrons. The van der Waals surface area contributed by atoms with E-state index in [-0.39, 0.29) is 12.2 Å². The molecule has 0 aliphatic heterocycles. The summed E-state index contributed by atoms with van der Waals surface area (Å²) in [7, 11) is 0. The highest BCUT2D eigenvalue weighted by molar-refractivity contribution is 8.01. The Bertz CT molecular complexity index is 926. The Hall–Kier alpha value is -2.45. The van der Waals surface area contributed by atoms with Gasteiger partial charge in [0.2, 0.25) is 0 Å². The van der Waals surface area contributed by atoms with E-state index in [9.17, 15) is 14.0 Å². The zero-order valence-electron chi connectivity index (χ0n) is 15.2. The Balaban J connectivity index is 1.37. The minimum absolute atomic E-state index is 0.228. The molecule has 3 rings (SSSR count). The van der Waals surface area contributed by atoms with Crippen LogP contribution in [0.4, 0.5) is 10.1 Å². The van der Waals surface area contributed by atoms with E-state index in [1.54, 1.807) is 23.1 Å². The molecule has 146 valence electrons. The van der Waals surface area contributed by atoms with E-state index in [0.717, 1.165) is 20.3 Å². The molecule has 0 unspecified atom stereocenters. The molecule has 5 nitrogen and oxygen atoms in total. The van der Waals surface area contributed by atoms with Crippen molar-refractivity contribution in [2.75, 3.05) is 11.1 Å². The first-order valence-corrected chi connectivity index (χ1v) is 10.6. The number of esters is 1. The van der Waals surface area contributed by atoms with Crippen LogP contribution >= 0.6 is 23.1 Å². The summed E-state index contributed by atoms with van der Waals surface area (Å²) in [5.74, 6) is -0.526. The number of halogens is 1. The molecule has 0 spiro atoms. The van der Waals surface area contributed by atoms with Crippen molar-refractivity contribution in [3.63, 3.8) is 0 Å². The van der Waals surface area contributed by atoms with E-state index < -0.39 is 18.0 Å². The number of ether oxygens (including phenoxy) is 1. The summed E-state index contributed by atoms with van der Waals surface area (Å²) in [6, 6.07) is 13.3. The molecule has 0 saturated heterocycles. The molecule has 1 amide bonds. The Morgan fingerprint density at radius 3 is 2.71 bits per heavy atom. The maximum atomic E-state index is 12.9. The van der Waals surface area contributed by atoms with Crippen molar-refractivity contribution in [3.05, 3.63) is 54.3 Å². The van der Waals surface area contributed by atoms with Gasteiger partial charge < -0.3 is 10.1 Å². The van der Waals surface area contributed by atoms with E-state index in [0.29, 0.717) is 12.1 Å². The lowest BCUT2D eigenvalue weighted by atomic mass is 10.3. The molecule has 1 N–H and O–H groups in total. The highest BCUT2D eigenvalue weighted by Crippen LogP contribution is 2.29. The van der Waals surface area contributed by atoms with Crippen molar-refractivity contribution in [2.24, 2.45) is 0 Å². The Morgan fingerprint density at radius 2 is 1.96 bits per heavy atom. The lowest BCUT2D eigenvalue weighted by Crippen LogP contribution is -2.29. The van der Waals surface area contributed by atoms with Crippen LogP contribution in [0.25, 0.3) is 10.2 Å². The first kappa shape index (κ1) is 20.3. The number of amides is 1. The Labute approximate surface area is 170 Å². The van der Waals surface area contributed by atoms with Crippen molar-refractivity contribution >= 4 is 50.9 Å². The van der Waals surface area contributed by atoms with Crippen LogP contribution in [0.5, 0.6) is 0 Å². The Kier molecular flexibility index (Phi) is 7.00. The molecule has 0 bridgehead atoms. The van der Waals surface area contributed by atoms with Gasteiger partial charge in [-0.1, -0.05) is 23.9 Å². The van der Waals surface area contributed by atoms with E-state index in [4.69, 9.17) is 4.74 Å². The fraction of sp³-hybridized carbons (Fsp3) is 0.250. The van der Waals surface area contributed by atoms with Crippen molar-refractivity contribution in [1.29, 1.82) is 0 Å². The number of hydrogen-bond donors (Lipinski definition) is 1. The molecule has 1 heterocycles. The number of nitrogens with zero attached hydrogens (tertiary/aromatic N) is 1. The van der Waals surface area contributed by atoms with E-state index in [2.05, 4.69) is 10.3 Å². The normalized spacial score (nSPS) is 11.9.